The van der Waals surface area contributed by atoms with Crippen molar-refractivity contribution in [2.24, 2.45) is 0 Å². The molecular weight excluding hydrogens is 833 g/mol. The number of methoxy groups -OCH3 is 1. The molecule has 7 aromatic rings. The summed E-state index contributed by atoms with van der Waals surface area (Å²) in [6.07, 6.45) is 0.216. The zero-order chi connectivity index (χ0) is 48.1. The zero-order valence-corrected chi connectivity index (χ0v) is 37.9. The van der Waals surface area contributed by atoms with E-state index < -0.39 is 24.1 Å². The predicted octanol–water partition coefficient (Wildman–Crippen LogP) is 5.78. The van der Waals surface area contributed by atoms with Crippen LogP contribution in [0.3, 0.4) is 0 Å². The number of aromatic hydroxyl groups is 1. The summed E-state index contributed by atoms with van der Waals surface area (Å²) in [6.45, 7) is 8.21. The number of nitrogens with zero attached hydrogens (tertiary/aromatic N) is 6. The number of hydrogen-bond donors (Lipinski definition) is 5. The van der Waals surface area contributed by atoms with Crippen LogP contribution in [-0.4, -0.2) is 125 Å². The molecule has 0 radical (unpaired) electrons. The average molecular weight is 889 g/mol. The van der Waals surface area contributed by atoms with Crippen LogP contribution < -0.4 is 4.74 Å². The molecule has 7 rings (SSSR count). The minimum atomic E-state index is -2.27. The van der Waals surface area contributed by atoms with E-state index >= 15 is 0 Å². The molecule has 0 bridgehead atoms. The summed E-state index contributed by atoms with van der Waals surface area (Å²) >= 11 is 0. The van der Waals surface area contributed by atoms with Gasteiger partial charge in [-0.2, -0.15) is 0 Å². The molecule has 16 heteroatoms. The number of likely N-dealkylation sites (N-methyl/N-ethyl adjacent to an activating group) is 2. The van der Waals surface area contributed by atoms with Gasteiger partial charge in [0.25, 0.3) is 0 Å². The maximum absolute atomic E-state index is 12.3. The third kappa shape index (κ3) is 13.7. The number of aliphatic hydroxyl groups is 2. The lowest BCUT2D eigenvalue weighted by Gasteiger charge is -2.11. The van der Waals surface area contributed by atoms with Crippen LogP contribution in [0.25, 0.3) is 33.8 Å². The molecule has 2 atom stereocenters. The Labute approximate surface area is 377 Å². The number of benzene rings is 3. The molecule has 2 unspecified atom stereocenters. The van der Waals surface area contributed by atoms with Crippen molar-refractivity contribution in [3.8, 4) is 34.0 Å². The van der Waals surface area contributed by atoms with E-state index in [2.05, 4.69) is 62.4 Å². The van der Waals surface area contributed by atoms with Crippen molar-refractivity contribution in [1.82, 2.24) is 28.6 Å². The third-order valence-electron chi connectivity index (χ3n) is 9.87. The summed E-state index contributed by atoms with van der Waals surface area (Å²) in [5.74, 6) is -2.49. The Balaban J connectivity index is 0.000000206. The van der Waals surface area contributed by atoms with Gasteiger partial charge in [0.1, 0.15) is 22.8 Å². The Kier molecular flexibility index (Phi) is 17.5. The van der Waals surface area contributed by atoms with Gasteiger partial charge < -0.3 is 48.9 Å². The van der Waals surface area contributed by atoms with E-state index in [-0.39, 0.29) is 17.6 Å². The standard InChI is InChI=1S/2C19H21N3O.C7H8O2.C4H6O6/c2*1-13-5-8-15(9-6-13)19-16(11-18(23)21(3)4)22-12-14(2)7-10-17(22)20-19;1-9-7-4-2-3-6(8)5-7;5-1(3(7)8)2(6)4(9)10/h2*5-10,12H,11H2,1-4H3;2-5,8H,1H3;1-2,5-6H,(H,7,8)(H,9,10). The Hall–Kier alpha value is -7.56. The molecule has 342 valence electrons. The molecule has 0 aliphatic heterocycles. The molecule has 16 nitrogen and oxygen atoms in total. The Morgan fingerprint density at radius 3 is 1.26 bits per heavy atom. The van der Waals surface area contributed by atoms with Crippen molar-refractivity contribution in [3.05, 3.63) is 143 Å². The van der Waals surface area contributed by atoms with Crippen LogP contribution in [0.15, 0.2) is 109 Å². The van der Waals surface area contributed by atoms with Crippen molar-refractivity contribution in [2.75, 3.05) is 35.3 Å². The number of carboxylic acid groups (broad SMARTS) is 2. The molecule has 65 heavy (non-hydrogen) atoms. The Bertz CT molecular complexity index is 2580. The first kappa shape index (κ1) is 50.1. The van der Waals surface area contributed by atoms with Gasteiger partial charge in [0.05, 0.1) is 42.7 Å². The fourth-order valence-electron chi connectivity index (χ4n) is 6.11. The second-order valence-corrected chi connectivity index (χ2v) is 15.6. The summed E-state index contributed by atoms with van der Waals surface area (Å²) in [6, 6.07) is 31.3. The highest BCUT2D eigenvalue weighted by Gasteiger charge is 2.29. The van der Waals surface area contributed by atoms with Gasteiger partial charge >= 0.3 is 11.9 Å². The van der Waals surface area contributed by atoms with E-state index in [1.54, 1.807) is 69.4 Å². The summed E-state index contributed by atoms with van der Waals surface area (Å²) < 4.78 is 8.90. The van der Waals surface area contributed by atoms with Gasteiger partial charge in [-0.25, -0.2) is 19.6 Å². The van der Waals surface area contributed by atoms with Crippen molar-refractivity contribution in [1.29, 1.82) is 0 Å². The van der Waals surface area contributed by atoms with E-state index in [0.717, 1.165) is 56.3 Å². The first-order valence-corrected chi connectivity index (χ1v) is 20.3. The number of phenols is 1. The number of aliphatic hydroxyl groups excluding tert-OH is 2. The summed E-state index contributed by atoms with van der Waals surface area (Å²) in [5.41, 5.74) is 12.2. The van der Waals surface area contributed by atoms with Gasteiger partial charge in [0, 0.05) is 57.8 Å². The van der Waals surface area contributed by atoms with Crippen LogP contribution >= 0.6 is 0 Å². The number of pyridine rings is 2. The first-order valence-electron chi connectivity index (χ1n) is 20.3. The van der Waals surface area contributed by atoms with E-state index in [0.29, 0.717) is 18.6 Å². The molecule has 3 aromatic carbocycles. The highest BCUT2D eigenvalue weighted by atomic mass is 16.5. The van der Waals surface area contributed by atoms with E-state index in [1.165, 1.54) is 11.1 Å². The van der Waals surface area contributed by atoms with E-state index in [4.69, 9.17) is 40.2 Å². The van der Waals surface area contributed by atoms with Crippen LogP contribution in [0.2, 0.25) is 0 Å². The van der Waals surface area contributed by atoms with Crippen LogP contribution in [0.5, 0.6) is 11.5 Å². The highest BCUT2D eigenvalue weighted by molar-refractivity contribution is 5.83. The SMILES string of the molecule is COc1cccc(O)c1.Cc1ccc(-c2nc3ccc(C)cn3c2CC(=O)N(C)C)cc1.Cc1ccc(-c2nc3ccc(C)cn3c2CC(=O)N(C)C)cc1.O=C(O)C(O)C(O)C(=O)O. The van der Waals surface area contributed by atoms with Crippen LogP contribution in [0.4, 0.5) is 0 Å². The number of aliphatic carboxylic acids is 2. The monoisotopic (exact) mass is 888 g/mol. The maximum atomic E-state index is 12.3. The number of imidazole rings is 2. The molecule has 5 N–H and O–H groups in total. The normalized spacial score (nSPS) is 11.4. The van der Waals surface area contributed by atoms with Gasteiger partial charge in [-0.15, -0.1) is 0 Å². The number of fused-ring (bicyclic) bond motifs is 2. The number of aromatic nitrogens is 4. The van der Waals surface area contributed by atoms with Crippen molar-refractivity contribution < 1.29 is 49.4 Å². The molecule has 4 aromatic heterocycles. The lowest BCUT2D eigenvalue weighted by molar-refractivity contribution is -0.165. The number of aryl methyl sites for hydroxylation is 4. The molecule has 0 saturated heterocycles. The van der Waals surface area contributed by atoms with Crippen LogP contribution in [0.1, 0.15) is 33.6 Å². The second-order valence-electron chi connectivity index (χ2n) is 15.6. The second kappa shape index (κ2) is 22.7. The first-order chi connectivity index (χ1) is 30.7. The molecule has 4 heterocycles. The fourth-order valence-corrected chi connectivity index (χ4v) is 6.11. The van der Waals surface area contributed by atoms with Gasteiger partial charge in [-0.3, -0.25) is 9.59 Å². The molecule has 2 amide bonds. The summed E-state index contributed by atoms with van der Waals surface area (Å²) in [7, 11) is 8.68. The smallest absolute Gasteiger partial charge is 0.335 e. The topological polar surface area (TPSA) is 220 Å². The number of amides is 2. The maximum Gasteiger partial charge on any atom is 0.335 e. The number of carbonyl (C=O) groups excluding carboxylic acids is 2. The van der Waals surface area contributed by atoms with Crippen LogP contribution in [0, 0.1) is 27.7 Å². The number of hydrogen-bond acceptors (Lipinski definition) is 10. The lowest BCUT2D eigenvalue weighted by atomic mass is 10.1. The molecule has 0 spiro atoms. The minimum absolute atomic E-state index is 0.0710. The molecule has 0 aliphatic carbocycles. The molecular formula is C49H56N6O10. The van der Waals surface area contributed by atoms with Gasteiger partial charge in [-0.05, 0) is 63.1 Å². The van der Waals surface area contributed by atoms with Crippen molar-refractivity contribution >= 4 is 35.0 Å². The van der Waals surface area contributed by atoms with Gasteiger partial charge in [0.2, 0.25) is 11.8 Å². The predicted molar refractivity (Wildman–Crippen MR) is 247 cm³/mol. The Morgan fingerprint density at radius 2 is 0.954 bits per heavy atom. The minimum Gasteiger partial charge on any atom is -0.508 e. The number of carbonyl (C=O) groups is 4. The number of carboxylic acids is 2. The molecule has 0 aliphatic rings. The molecule has 0 fully saturated rings. The Morgan fingerprint density at radius 1 is 0.585 bits per heavy atom. The molecule has 0 saturated carbocycles. The third-order valence-corrected chi connectivity index (χ3v) is 9.87. The summed E-state index contributed by atoms with van der Waals surface area (Å²) in [5, 5.41) is 41.4. The van der Waals surface area contributed by atoms with Gasteiger partial charge in [0.15, 0.2) is 12.2 Å². The lowest BCUT2D eigenvalue weighted by Crippen LogP contribution is -2.39. The quantitative estimate of drug-likeness (QED) is 0.110. The van der Waals surface area contributed by atoms with Gasteiger partial charge in [-0.1, -0.05) is 77.9 Å². The zero-order valence-electron chi connectivity index (χ0n) is 37.9. The highest BCUT2D eigenvalue weighted by Crippen LogP contribution is 2.28. The average Bonchev–Trinajstić information content (AvgIpc) is 3.80. The number of rotatable bonds is 10. The number of ether oxygens (including phenoxy) is 1. The summed E-state index contributed by atoms with van der Waals surface area (Å²) in [4.78, 5) is 56.8. The van der Waals surface area contributed by atoms with Crippen molar-refractivity contribution in [3.63, 3.8) is 0 Å². The van der Waals surface area contributed by atoms with E-state index in [9.17, 15) is 19.2 Å². The fraction of sp³-hybridized carbons (Fsp3) is 0.265. The largest absolute Gasteiger partial charge is 0.508 e. The van der Waals surface area contributed by atoms with Crippen LogP contribution in [-0.2, 0) is 32.0 Å². The number of phenolic OH excluding ortho intramolecular Hbond substituents is 1. The van der Waals surface area contributed by atoms with E-state index in [1.807, 2.05) is 59.3 Å². The van der Waals surface area contributed by atoms with Crippen molar-refractivity contribution in [2.45, 2.75) is 52.7 Å².